The minimum absolute atomic E-state index is 0.0596. The molecule has 0 saturated carbocycles. The zero-order valence-corrected chi connectivity index (χ0v) is 9.90. The number of piperidine rings is 1. The number of nitrogens with two attached hydrogens (primary N) is 1. The molecule has 1 aliphatic rings. The Hall–Kier alpha value is -0.610. The first kappa shape index (κ1) is 12.5. The highest BCUT2D eigenvalue weighted by molar-refractivity contribution is 5.72. The molecular formula is C11H22N2O2. The SMILES string of the molecule is COC(=O)C(C)CN1CCC(C)C(N)C1. The molecule has 1 fully saturated rings. The van der Waals surface area contributed by atoms with Crippen LogP contribution in [0.1, 0.15) is 20.3 Å². The van der Waals surface area contributed by atoms with Gasteiger partial charge < -0.3 is 15.4 Å². The van der Waals surface area contributed by atoms with Crippen LogP contribution in [0.15, 0.2) is 0 Å². The quantitative estimate of drug-likeness (QED) is 0.694. The van der Waals surface area contributed by atoms with Gasteiger partial charge in [0.2, 0.25) is 0 Å². The maximum absolute atomic E-state index is 11.3. The second-order valence-electron chi connectivity index (χ2n) is 4.61. The Morgan fingerprint density at radius 2 is 2.33 bits per heavy atom. The zero-order valence-electron chi connectivity index (χ0n) is 9.90. The van der Waals surface area contributed by atoms with Gasteiger partial charge in [0, 0.05) is 19.1 Å². The molecule has 3 atom stereocenters. The summed E-state index contributed by atoms with van der Waals surface area (Å²) in [6.07, 6.45) is 1.12. The van der Waals surface area contributed by atoms with Gasteiger partial charge in [-0.25, -0.2) is 0 Å². The monoisotopic (exact) mass is 214 g/mol. The van der Waals surface area contributed by atoms with E-state index in [2.05, 4.69) is 11.8 Å². The van der Waals surface area contributed by atoms with E-state index in [1.54, 1.807) is 0 Å². The molecule has 3 unspecified atom stereocenters. The lowest BCUT2D eigenvalue weighted by Crippen LogP contribution is -2.49. The number of carbonyl (C=O) groups is 1. The van der Waals surface area contributed by atoms with Crippen LogP contribution >= 0.6 is 0 Å². The average Bonchev–Trinajstić information content (AvgIpc) is 2.22. The van der Waals surface area contributed by atoms with Crippen LogP contribution in [0, 0.1) is 11.8 Å². The van der Waals surface area contributed by atoms with Crippen molar-refractivity contribution in [2.45, 2.75) is 26.3 Å². The molecule has 0 aliphatic carbocycles. The zero-order chi connectivity index (χ0) is 11.4. The third kappa shape index (κ3) is 3.47. The fraction of sp³-hybridized carbons (Fsp3) is 0.909. The van der Waals surface area contributed by atoms with Crippen LogP contribution in [0.2, 0.25) is 0 Å². The Kier molecular flexibility index (Phi) is 4.54. The van der Waals surface area contributed by atoms with E-state index >= 15 is 0 Å². The van der Waals surface area contributed by atoms with Gasteiger partial charge >= 0.3 is 5.97 Å². The summed E-state index contributed by atoms with van der Waals surface area (Å²) in [5.74, 6) is 0.396. The van der Waals surface area contributed by atoms with Crippen molar-refractivity contribution in [3.63, 3.8) is 0 Å². The first-order valence-electron chi connectivity index (χ1n) is 5.60. The molecule has 0 bridgehead atoms. The van der Waals surface area contributed by atoms with Crippen molar-refractivity contribution in [2.75, 3.05) is 26.7 Å². The first-order valence-corrected chi connectivity index (χ1v) is 5.60. The number of esters is 1. The van der Waals surface area contributed by atoms with Gasteiger partial charge in [-0.15, -0.1) is 0 Å². The van der Waals surface area contributed by atoms with Gasteiger partial charge in [-0.1, -0.05) is 13.8 Å². The molecule has 15 heavy (non-hydrogen) atoms. The van der Waals surface area contributed by atoms with Gasteiger partial charge in [0.05, 0.1) is 13.0 Å². The third-order valence-corrected chi connectivity index (χ3v) is 3.24. The predicted octanol–water partition coefficient (Wildman–Crippen LogP) is 0.465. The maximum atomic E-state index is 11.3. The van der Waals surface area contributed by atoms with E-state index in [0.29, 0.717) is 5.92 Å². The van der Waals surface area contributed by atoms with Crippen LogP contribution in [0.4, 0.5) is 0 Å². The standard InChI is InChI=1S/C11H22N2O2/c1-8-4-5-13(7-10(8)12)6-9(2)11(14)15-3/h8-10H,4-7,12H2,1-3H3. The Labute approximate surface area is 91.8 Å². The molecule has 0 aromatic carbocycles. The minimum atomic E-state index is -0.137. The molecule has 2 N–H and O–H groups in total. The summed E-state index contributed by atoms with van der Waals surface area (Å²) in [4.78, 5) is 13.5. The molecule has 1 rings (SSSR count). The molecule has 0 amide bonds. The molecule has 0 aromatic heterocycles. The number of carbonyl (C=O) groups excluding carboxylic acids is 1. The van der Waals surface area contributed by atoms with Crippen LogP contribution in [0.3, 0.4) is 0 Å². The lowest BCUT2D eigenvalue weighted by Gasteiger charge is -2.35. The van der Waals surface area contributed by atoms with E-state index < -0.39 is 0 Å². The van der Waals surface area contributed by atoms with Crippen molar-refractivity contribution < 1.29 is 9.53 Å². The minimum Gasteiger partial charge on any atom is -0.469 e. The molecular weight excluding hydrogens is 192 g/mol. The van der Waals surface area contributed by atoms with Gasteiger partial charge in [-0.3, -0.25) is 4.79 Å². The van der Waals surface area contributed by atoms with Crippen molar-refractivity contribution >= 4 is 5.97 Å². The normalized spacial score (nSPS) is 29.9. The molecule has 0 radical (unpaired) electrons. The summed E-state index contributed by atoms with van der Waals surface area (Å²) in [5.41, 5.74) is 6.00. The fourth-order valence-electron chi connectivity index (χ4n) is 2.00. The van der Waals surface area contributed by atoms with Gasteiger partial charge in [0.25, 0.3) is 0 Å². The number of rotatable bonds is 3. The van der Waals surface area contributed by atoms with Crippen LogP contribution in [-0.2, 0) is 9.53 Å². The number of nitrogens with zero attached hydrogens (tertiary/aromatic N) is 1. The fourth-order valence-corrected chi connectivity index (χ4v) is 2.00. The summed E-state index contributed by atoms with van der Waals surface area (Å²) in [5, 5.41) is 0. The van der Waals surface area contributed by atoms with Crippen molar-refractivity contribution in [3.8, 4) is 0 Å². The van der Waals surface area contributed by atoms with E-state index in [4.69, 9.17) is 10.5 Å². The molecule has 1 aliphatic heterocycles. The Bertz CT molecular complexity index is 221. The third-order valence-electron chi connectivity index (χ3n) is 3.24. The summed E-state index contributed by atoms with van der Waals surface area (Å²) in [6.45, 7) is 6.77. The highest BCUT2D eigenvalue weighted by Crippen LogP contribution is 2.16. The number of likely N-dealkylation sites (tertiary alicyclic amines) is 1. The Morgan fingerprint density at radius 1 is 1.67 bits per heavy atom. The van der Waals surface area contributed by atoms with Gasteiger partial charge in [-0.05, 0) is 18.9 Å². The molecule has 0 spiro atoms. The molecule has 1 heterocycles. The van der Waals surface area contributed by atoms with Crippen LogP contribution in [-0.4, -0.2) is 43.7 Å². The highest BCUT2D eigenvalue weighted by atomic mass is 16.5. The average molecular weight is 214 g/mol. The topological polar surface area (TPSA) is 55.6 Å². The Balaban J connectivity index is 2.36. The van der Waals surface area contributed by atoms with E-state index in [-0.39, 0.29) is 17.9 Å². The first-order chi connectivity index (χ1) is 7.04. The van der Waals surface area contributed by atoms with E-state index in [1.807, 2.05) is 6.92 Å². The summed E-state index contributed by atoms with van der Waals surface area (Å²) in [6, 6.07) is 0.239. The van der Waals surface area contributed by atoms with Crippen LogP contribution in [0.5, 0.6) is 0 Å². The number of ether oxygens (including phenoxy) is 1. The lowest BCUT2D eigenvalue weighted by atomic mass is 9.94. The van der Waals surface area contributed by atoms with Crippen molar-refractivity contribution in [3.05, 3.63) is 0 Å². The van der Waals surface area contributed by atoms with Crippen LogP contribution in [0.25, 0.3) is 0 Å². The lowest BCUT2D eigenvalue weighted by molar-refractivity contribution is -0.145. The molecule has 88 valence electrons. The van der Waals surface area contributed by atoms with Crippen molar-refractivity contribution in [1.82, 2.24) is 4.90 Å². The van der Waals surface area contributed by atoms with Gasteiger partial charge in [0.1, 0.15) is 0 Å². The summed E-state index contributed by atoms with van der Waals surface area (Å²) >= 11 is 0. The maximum Gasteiger partial charge on any atom is 0.309 e. The second kappa shape index (κ2) is 5.47. The Morgan fingerprint density at radius 3 is 2.87 bits per heavy atom. The summed E-state index contributed by atoms with van der Waals surface area (Å²) in [7, 11) is 1.43. The van der Waals surface area contributed by atoms with Crippen molar-refractivity contribution in [1.29, 1.82) is 0 Å². The number of hydrogen-bond donors (Lipinski definition) is 1. The predicted molar refractivity (Wildman–Crippen MR) is 59.4 cm³/mol. The summed E-state index contributed by atoms with van der Waals surface area (Å²) < 4.78 is 4.70. The van der Waals surface area contributed by atoms with Crippen LogP contribution < -0.4 is 5.73 Å². The highest BCUT2D eigenvalue weighted by Gasteiger charge is 2.25. The van der Waals surface area contributed by atoms with E-state index in [9.17, 15) is 4.79 Å². The molecule has 4 heteroatoms. The molecule has 1 saturated heterocycles. The molecule has 0 aromatic rings. The number of methoxy groups -OCH3 is 1. The molecule has 4 nitrogen and oxygen atoms in total. The van der Waals surface area contributed by atoms with E-state index in [0.717, 1.165) is 26.1 Å². The number of hydrogen-bond acceptors (Lipinski definition) is 4. The second-order valence-corrected chi connectivity index (χ2v) is 4.61. The van der Waals surface area contributed by atoms with Gasteiger partial charge in [-0.2, -0.15) is 0 Å². The van der Waals surface area contributed by atoms with Crippen molar-refractivity contribution in [2.24, 2.45) is 17.6 Å². The smallest absolute Gasteiger partial charge is 0.309 e. The largest absolute Gasteiger partial charge is 0.469 e. The van der Waals surface area contributed by atoms with Gasteiger partial charge in [0.15, 0.2) is 0 Å². The van der Waals surface area contributed by atoms with E-state index in [1.165, 1.54) is 7.11 Å².